The summed E-state index contributed by atoms with van der Waals surface area (Å²) >= 11 is 1.86. The molecule has 1 aliphatic heterocycles. The zero-order valence-corrected chi connectivity index (χ0v) is 27.8. The Morgan fingerprint density at radius 1 is 0.380 bits per heavy atom. The van der Waals surface area contributed by atoms with Gasteiger partial charge in [0, 0.05) is 38.2 Å². The number of nitrogens with zero attached hydrogens (tertiary/aromatic N) is 3. The van der Waals surface area contributed by atoms with E-state index in [9.17, 15) is 0 Å². The smallest absolute Gasteiger partial charge is 0.160 e. The molecular formula is C46H29N3S. The third-order valence-electron chi connectivity index (χ3n) is 10.0. The molecule has 0 N–H and O–H groups in total. The first-order valence-corrected chi connectivity index (χ1v) is 17.7. The maximum atomic E-state index is 5.01. The normalized spacial score (nSPS) is 13.3. The third-order valence-corrected chi connectivity index (χ3v) is 11.2. The molecule has 0 amide bonds. The van der Waals surface area contributed by atoms with Gasteiger partial charge >= 0.3 is 0 Å². The van der Waals surface area contributed by atoms with E-state index < -0.39 is 0 Å². The van der Waals surface area contributed by atoms with Crippen molar-refractivity contribution in [3.63, 3.8) is 0 Å². The van der Waals surface area contributed by atoms with Crippen LogP contribution in [-0.2, 0) is 5.41 Å². The van der Waals surface area contributed by atoms with Gasteiger partial charge < -0.3 is 0 Å². The molecule has 3 nitrogen and oxygen atoms in total. The number of benzene rings is 6. The fourth-order valence-corrected chi connectivity index (χ4v) is 9.04. The Balaban J connectivity index is 1.08. The van der Waals surface area contributed by atoms with Gasteiger partial charge in [-0.1, -0.05) is 151 Å². The molecule has 6 aromatic carbocycles. The molecule has 0 unspecified atom stereocenters. The van der Waals surface area contributed by atoms with Crippen molar-refractivity contribution >= 4 is 11.8 Å². The monoisotopic (exact) mass is 655 g/mol. The first kappa shape index (κ1) is 28.9. The van der Waals surface area contributed by atoms with Gasteiger partial charge in [-0.05, 0) is 63.7 Å². The number of fused-ring (bicyclic) bond motifs is 9. The van der Waals surface area contributed by atoms with E-state index in [4.69, 9.17) is 15.0 Å². The Kier molecular flexibility index (Phi) is 6.64. The lowest BCUT2D eigenvalue weighted by atomic mass is 9.67. The predicted octanol–water partition coefficient (Wildman–Crippen LogP) is 11.4. The van der Waals surface area contributed by atoms with Crippen LogP contribution in [0.15, 0.2) is 186 Å². The molecule has 0 fully saturated rings. The maximum Gasteiger partial charge on any atom is 0.160 e. The van der Waals surface area contributed by atoms with E-state index in [0.717, 1.165) is 39.3 Å². The van der Waals surface area contributed by atoms with Gasteiger partial charge in [-0.2, -0.15) is 0 Å². The molecule has 10 rings (SSSR count). The SMILES string of the molecule is c1ccc(-c2cc(-c3ccc(-c4ccc5c(c4)Sc4ccccc4C54c5ccccc5-c5ccccc54)nc3)nc(-c3ccccc3)n2)cc1. The van der Waals surface area contributed by atoms with Crippen molar-refractivity contribution in [3.05, 3.63) is 198 Å². The summed E-state index contributed by atoms with van der Waals surface area (Å²) in [6.07, 6.45) is 1.94. The van der Waals surface area contributed by atoms with Crippen LogP contribution < -0.4 is 0 Å². The molecule has 1 spiro atoms. The fraction of sp³-hybridized carbons (Fsp3) is 0.0217. The van der Waals surface area contributed by atoms with Gasteiger partial charge in [0.25, 0.3) is 0 Å². The minimum atomic E-state index is -0.375. The Labute approximate surface area is 295 Å². The summed E-state index contributed by atoms with van der Waals surface area (Å²) in [6, 6.07) is 60.4. The molecule has 234 valence electrons. The summed E-state index contributed by atoms with van der Waals surface area (Å²) in [5.41, 5.74) is 14.3. The molecule has 3 heterocycles. The number of hydrogen-bond acceptors (Lipinski definition) is 4. The van der Waals surface area contributed by atoms with E-state index in [0.29, 0.717) is 5.82 Å². The van der Waals surface area contributed by atoms with Gasteiger partial charge in [0.15, 0.2) is 5.82 Å². The lowest BCUT2D eigenvalue weighted by Gasteiger charge is -2.39. The Hall–Kier alpha value is -6.10. The highest BCUT2D eigenvalue weighted by atomic mass is 32.2. The topological polar surface area (TPSA) is 38.7 Å². The van der Waals surface area contributed by atoms with E-state index in [1.165, 1.54) is 43.2 Å². The predicted molar refractivity (Wildman–Crippen MR) is 203 cm³/mol. The Bertz CT molecular complexity index is 2460. The van der Waals surface area contributed by atoms with Crippen LogP contribution in [-0.4, -0.2) is 15.0 Å². The average Bonchev–Trinajstić information content (AvgIpc) is 3.49. The zero-order valence-electron chi connectivity index (χ0n) is 27.0. The molecule has 1 aliphatic carbocycles. The standard InChI is InChI=1S/C46H29N3S/c1-3-13-30(14-4-1)41-28-42(49-45(48-41)31-15-5-2-6-16-31)33-24-26-40(47-29-33)32-23-25-39-44(27-32)50-43-22-12-11-21-38(43)46(39)36-19-9-7-17-34(36)35-18-8-10-20-37(35)46/h1-29H. The molecule has 0 bridgehead atoms. The molecule has 50 heavy (non-hydrogen) atoms. The zero-order chi connectivity index (χ0) is 33.1. The summed E-state index contributed by atoms with van der Waals surface area (Å²) in [5.74, 6) is 0.696. The number of aromatic nitrogens is 3. The van der Waals surface area contributed by atoms with Crippen LogP contribution in [0.1, 0.15) is 22.3 Å². The quantitative estimate of drug-likeness (QED) is 0.189. The van der Waals surface area contributed by atoms with Gasteiger partial charge in [0.1, 0.15) is 0 Å². The van der Waals surface area contributed by atoms with Crippen LogP contribution in [0.3, 0.4) is 0 Å². The molecule has 0 atom stereocenters. The van der Waals surface area contributed by atoms with Gasteiger partial charge in [0.2, 0.25) is 0 Å². The number of hydrogen-bond donors (Lipinski definition) is 0. The van der Waals surface area contributed by atoms with Crippen molar-refractivity contribution in [2.45, 2.75) is 15.2 Å². The molecule has 0 radical (unpaired) electrons. The summed E-state index contributed by atoms with van der Waals surface area (Å²) in [4.78, 5) is 17.5. The van der Waals surface area contributed by atoms with Gasteiger partial charge in [0.05, 0.1) is 22.5 Å². The molecule has 2 aromatic heterocycles. The molecule has 8 aromatic rings. The molecular weight excluding hydrogens is 627 g/mol. The summed E-state index contributed by atoms with van der Waals surface area (Å²) in [6.45, 7) is 0. The first-order valence-electron chi connectivity index (χ1n) is 16.9. The van der Waals surface area contributed by atoms with E-state index >= 15 is 0 Å². The Morgan fingerprint density at radius 2 is 0.940 bits per heavy atom. The van der Waals surface area contributed by atoms with Crippen molar-refractivity contribution in [3.8, 4) is 56.3 Å². The largest absolute Gasteiger partial charge is 0.256 e. The third kappa shape index (κ3) is 4.42. The van der Waals surface area contributed by atoms with Crippen molar-refractivity contribution < 1.29 is 0 Å². The molecule has 4 heteroatoms. The van der Waals surface area contributed by atoms with Crippen molar-refractivity contribution in [2.75, 3.05) is 0 Å². The van der Waals surface area contributed by atoms with Crippen LogP contribution in [0, 0.1) is 0 Å². The minimum Gasteiger partial charge on any atom is -0.256 e. The number of pyridine rings is 1. The van der Waals surface area contributed by atoms with Crippen LogP contribution in [0.5, 0.6) is 0 Å². The average molecular weight is 656 g/mol. The van der Waals surface area contributed by atoms with Crippen molar-refractivity contribution in [1.29, 1.82) is 0 Å². The van der Waals surface area contributed by atoms with E-state index in [1.807, 2.05) is 54.4 Å². The van der Waals surface area contributed by atoms with E-state index in [1.54, 1.807) is 0 Å². The highest BCUT2D eigenvalue weighted by Crippen LogP contribution is 2.62. The minimum absolute atomic E-state index is 0.375. The highest BCUT2D eigenvalue weighted by molar-refractivity contribution is 7.99. The van der Waals surface area contributed by atoms with Gasteiger partial charge in [-0.25, -0.2) is 9.97 Å². The van der Waals surface area contributed by atoms with E-state index in [-0.39, 0.29) is 5.41 Å². The summed E-state index contributed by atoms with van der Waals surface area (Å²) < 4.78 is 0. The second-order valence-corrected chi connectivity index (χ2v) is 13.9. The summed E-state index contributed by atoms with van der Waals surface area (Å²) in [7, 11) is 0. The van der Waals surface area contributed by atoms with Gasteiger partial charge in [-0.3, -0.25) is 4.98 Å². The second kappa shape index (κ2) is 11.5. The fourth-order valence-electron chi connectivity index (χ4n) is 7.80. The first-order chi connectivity index (χ1) is 24.8. The highest BCUT2D eigenvalue weighted by Gasteiger charge is 2.50. The Morgan fingerprint density at radius 3 is 1.62 bits per heavy atom. The van der Waals surface area contributed by atoms with Crippen LogP contribution in [0.4, 0.5) is 0 Å². The number of rotatable bonds is 4. The van der Waals surface area contributed by atoms with Crippen LogP contribution >= 0.6 is 11.8 Å². The summed E-state index contributed by atoms with van der Waals surface area (Å²) in [5, 5.41) is 0. The van der Waals surface area contributed by atoms with Crippen LogP contribution in [0.25, 0.3) is 56.3 Å². The van der Waals surface area contributed by atoms with Crippen molar-refractivity contribution in [2.24, 2.45) is 0 Å². The molecule has 2 aliphatic rings. The van der Waals surface area contributed by atoms with Crippen LogP contribution in [0.2, 0.25) is 0 Å². The molecule has 0 saturated heterocycles. The lowest BCUT2D eigenvalue weighted by Crippen LogP contribution is -2.31. The van der Waals surface area contributed by atoms with E-state index in [2.05, 4.69) is 133 Å². The van der Waals surface area contributed by atoms with Gasteiger partial charge in [-0.15, -0.1) is 0 Å². The lowest BCUT2D eigenvalue weighted by molar-refractivity contribution is 0.722. The molecule has 0 saturated carbocycles. The van der Waals surface area contributed by atoms with Crippen molar-refractivity contribution in [1.82, 2.24) is 15.0 Å². The maximum absolute atomic E-state index is 5.01. The second-order valence-electron chi connectivity index (χ2n) is 12.8.